The summed E-state index contributed by atoms with van der Waals surface area (Å²) in [6, 6.07) is 21.9. The van der Waals surface area contributed by atoms with Crippen molar-refractivity contribution in [2.75, 3.05) is 5.75 Å². The van der Waals surface area contributed by atoms with Crippen molar-refractivity contribution in [3.8, 4) is 0 Å². The topological polar surface area (TPSA) is 97.8 Å². The van der Waals surface area contributed by atoms with Gasteiger partial charge in [0, 0.05) is 18.1 Å². The van der Waals surface area contributed by atoms with E-state index in [0.717, 1.165) is 16.7 Å². The molecule has 1 saturated heterocycles. The van der Waals surface area contributed by atoms with Gasteiger partial charge in [-0.3, -0.25) is 14.7 Å². The first-order chi connectivity index (χ1) is 19.7. The number of hydrogen-bond donors (Lipinski definition) is 1. The van der Waals surface area contributed by atoms with Crippen LogP contribution in [0.15, 0.2) is 103 Å². The lowest BCUT2D eigenvalue weighted by Gasteiger charge is -2.49. The van der Waals surface area contributed by atoms with Crippen molar-refractivity contribution in [2.24, 2.45) is 0 Å². The van der Waals surface area contributed by atoms with Crippen molar-refractivity contribution < 1.29 is 23.9 Å². The van der Waals surface area contributed by atoms with E-state index in [1.807, 2.05) is 84.9 Å². The summed E-state index contributed by atoms with van der Waals surface area (Å²) in [6.45, 7) is 5.26. The monoisotopic (exact) mass is 569 g/mol. The first-order valence-electron chi connectivity index (χ1n) is 13.3. The lowest BCUT2D eigenvalue weighted by atomic mass is 10.0. The summed E-state index contributed by atoms with van der Waals surface area (Å²) in [4.78, 5) is 45.4. The van der Waals surface area contributed by atoms with Crippen molar-refractivity contribution in [1.82, 2.24) is 15.2 Å². The van der Waals surface area contributed by atoms with Gasteiger partial charge in [0.15, 0.2) is 6.10 Å². The second-order valence-corrected chi connectivity index (χ2v) is 11.7. The van der Waals surface area contributed by atoms with E-state index < -0.39 is 41.1 Å². The maximum atomic E-state index is 14.0. The van der Waals surface area contributed by atoms with Crippen LogP contribution in [-0.2, 0) is 19.1 Å². The molecular weight excluding hydrogens is 538 g/mol. The lowest BCUT2D eigenvalue weighted by Crippen LogP contribution is -2.70. The van der Waals surface area contributed by atoms with Gasteiger partial charge in [-0.15, -0.1) is 11.8 Å². The summed E-state index contributed by atoms with van der Waals surface area (Å²) in [5, 5.41) is 2.20. The van der Waals surface area contributed by atoms with E-state index in [1.165, 1.54) is 16.7 Å². The number of carbonyl (C=O) groups is 3. The van der Waals surface area contributed by atoms with Gasteiger partial charge in [-0.05, 0) is 49.1 Å². The number of β-lactam (4-membered cyclic amide) rings is 1. The molecule has 41 heavy (non-hydrogen) atoms. The zero-order chi connectivity index (χ0) is 29.0. The molecule has 2 atom stereocenters. The lowest BCUT2D eigenvalue weighted by molar-refractivity contribution is -0.153. The highest BCUT2D eigenvalue weighted by Crippen LogP contribution is 2.42. The molecule has 0 radical (unpaired) electrons. The van der Waals surface area contributed by atoms with E-state index in [9.17, 15) is 14.4 Å². The molecule has 2 aliphatic heterocycles. The van der Waals surface area contributed by atoms with E-state index in [4.69, 9.17) is 9.47 Å². The van der Waals surface area contributed by atoms with Gasteiger partial charge in [-0.2, -0.15) is 0 Å². The number of carbonyl (C=O) groups excluding carboxylic acids is 3. The number of allylic oxidation sites excluding steroid dienone is 1. The van der Waals surface area contributed by atoms with Crippen LogP contribution in [0.4, 0.5) is 4.79 Å². The second-order valence-electron chi connectivity index (χ2n) is 10.6. The Hall–Kier alpha value is -4.37. The summed E-state index contributed by atoms with van der Waals surface area (Å²) in [7, 11) is 0. The normalized spacial score (nSPS) is 18.6. The van der Waals surface area contributed by atoms with Crippen LogP contribution in [0.5, 0.6) is 0 Å². The first kappa shape index (κ1) is 28.2. The predicted octanol–water partition coefficient (Wildman–Crippen LogP) is 5.49. The highest BCUT2D eigenvalue weighted by Gasteiger charge is 2.54. The zero-order valence-corrected chi connectivity index (χ0v) is 23.8. The Morgan fingerprint density at radius 1 is 1.00 bits per heavy atom. The minimum atomic E-state index is -0.819. The molecule has 1 aromatic heterocycles. The Kier molecular flexibility index (Phi) is 8.26. The van der Waals surface area contributed by atoms with Gasteiger partial charge in [0.05, 0.1) is 0 Å². The maximum Gasteiger partial charge on any atom is 0.408 e. The third kappa shape index (κ3) is 6.52. The molecule has 1 fully saturated rings. The third-order valence-electron chi connectivity index (χ3n) is 6.45. The van der Waals surface area contributed by atoms with E-state index in [0.29, 0.717) is 11.3 Å². The number of fused-ring (bicyclic) bond motifs is 1. The summed E-state index contributed by atoms with van der Waals surface area (Å²) < 4.78 is 11.5. The molecule has 0 spiro atoms. The number of nitrogens with zero attached hydrogens (tertiary/aromatic N) is 2. The number of aromatic nitrogens is 1. The number of rotatable bonds is 7. The summed E-state index contributed by atoms with van der Waals surface area (Å²) >= 11 is 1.46. The smallest absolute Gasteiger partial charge is 0.408 e. The second kappa shape index (κ2) is 12.0. The number of pyridine rings is 1. The molecule has 0 aliphatic carbocycles. The van der Waals surface area contributed by atoms with Crippen LogP contribution in [0.1, 0.15) is 43.6 Å². The van der Waals surface area contributed by atoms with Crippen molar-refractivity contribution in [2.45, 2.75) is 43.9 Å². The zero-order valence-electron chi connectivity index (χ0n) is 23.0. The molecule has 2 aromatic carbocycles. The maximum absolute atomic E-state index is 14.0. The minimum Gasteiger partial charge on any atom is -0.448 e. The standard InChI is InChI=1S/C32H31N3O5S/c1-32(2,3)40-31(38)34-25-28(36)35-26(24(20-41-29(25)35)17-16-21-11-10-18-33-19-21)30(37)39-27(22-12-6-4-7-13-22)23-14-8-5-9-15-23/h4-19,25,27,29H,20H2,1-3H3,(H,34,38)/b17-16-/t25-,29+/m1/s1. The highest BCUT2D eigenvalue weighted by atomic mass is 32.2. The number of alkyl carbamates (subject to hydrolysis) is 1. The van der Waals surface area contributed by atoms with Gasteiger partial charge in [-0.25, -0.2) is 9.59 Å². The SMILES string of the molecule is CC(C)(C)OC(=O)N[C@@H]1C(=O)N2C(C(=O)OC(c3ccccc3)c3ccccc3)=C(/C=C\c3cccnc3)CS[C@@H]12. The molecule has 2 aliphatic rings. The molecule has 210 valence electrons. The molecule has 3 heterocycles. The fourth-order valence-corrected chi connectivity index (χ4v) is 5.93. The number of hydrogen-bond acceptors (Lipinski definition) is 7. The highest BCUT2D eigenvalue weighted by molar-refractivity contribution is 8.00. The third-order valence-corrected chi connectivity index (χ3v) is 7.76. The molecule has 3 aromatic rings. The molecule has 2 amide bonds. The van der Waals surface area contributed by atoms with Gasteiger partial charge >= 0.3 is 12.1 Å². The van der Waals surface area contributed by atoms with Crippen molar-refractivity contribution in [3.05, 3.63) is 119 Å². The number of benzene rings is 2. The van der Waals surface area contributed by atoms with Gasteiger partial charge in [0.1, 0.15) is 22.7 Å². The fourth-order valence-electron chi connectivity index (χ4n) is 4.61. The van der Waals surface area contributed by atoms with Crippen LogP contribution in [-0.4, -0.2) is 50.6 Å². The summed E-state index contributed by atoms with van der Waals surface area (Å²) in [5.74, 6) is -0.588. The number of esters is 1. The van der Waals surface area contributed by atoms with Crippen molar-refractivity contribution >= 4 is 35.8 Å². The van der Waals surface area contributed by atoms with Crippen molar-refractivity contribution in [3.63, 3.8) is 0 Å². The number of amides is 2. The Balaban J connectivity index is 1.47. The van der Waals surface area contributed by atoms with E-state index in [1.54, 1.807) is 33.2 Å². The van der Waals surface area contributed by atoms with Gasteiger partial charge < -0.3 is 14.8 Å². The molecule has 9 heteroatoms. The van der Waals surface area contributed by atoms with Crippen molar-refractivity contribution in [1.29, 1.82) is 0 Å². The fraction of sp³-hybridized carbons (Fsp3) is 0.250. The number of nitrogens with one attached hydrogen (secondary N) is 1. The van der Waals surface area contributed by atoms with E-state index >= 15 is 0 Å². The first-order valence-corrected chi connectivity index (χ1v) is 14.3. The Morgan fingerprint density at radius 2 is 1.66 bits per heavy atom. The van der Waals surface area contributed by atoms with Gasteiger partial charge in [0.25, 0.3) is 5.91 Å². The Labute approximate surface area is 243 Å². The summed E-state index contributed by atoms with van der Waals surface area (Å²) in [6.07, 6.45) is 5.71. The molecule has 1 N–H and O–H groups in total. The van der Waals surface area contributed by atoms with Crippen LogP contribution < -0.4 is 5.32 Å². The molecule has 0 bridgehead atoms. The van der Waals surface area contributed by atoms with Crippen LogP contribution in [0.3, 0.4) is 0 Å². The minimum absolute atomic E-state index is 0.165. The van der Waals surface area contributed by atoms with E-state index in [2.05, 4.69) is 10.3 Å². The molecule has 5 rings (SSSR count). The van der Waals surface area contributed by atoms with Crippen LogP contribution in [0.2, 0.25) is 0 Å². The van der Waals surface area contributed by atoms with E-state index in [-0.39, 0.29) is 5.70 Å². The molecule has 0 saturated carbocycles. The van der Waals surface area contributed by atoms with Crippen LogP contribution in [0, 0.1) is 0 Å². The quantitative estimate of drug-likeness (QED) is 0.297. The largest absolute Gasteiger partial charge is 0.448 e. The number of ether oxygens (including phenoxy) is 2. The molecule has 8 nitrogen and oxygen atoms in total. The Bertz CT molecular complexity index is 1430. The van der Waals surface area contributed by atoms with Crippen LogP contribution in [0.25, 0.3) is 6.08 Å². The average molecular weight is 570 g/mol. The van der Waals surface area contributed by atoms with Crippen LogP contribution >= 0.6 is 11.8 Å². The molecular formula is C32H31N3O5S. The number of thioether (sulfide) groups is 1. The predicted molar refractivity (Wildman–Crippen MR) is 157 cm³/mol. The van der Waals surface area contributed by atoms with Gasteiger partial charge in [0.2, 0.25) is 0 Å². The molecule has 0 unspecified atom stereocenters. The Morgan fingerprint density at radius 3 is 2.24 bits per heavy atom. The average Bonchev–Trinajstić information content (AvgIpc) is 2.97. The van der Waals surface area contributed by atoms with Gasteiger partial charge in [-0.1, -0.05) is 78.9 Å². The summed E-state index contributed by atoms with van der Waals surface area (Å²) in [5.41, 5.74) is 2.56.